The highest BCUT2D eigenvalue weighted by Gasteiger charge is 2.38. The molecule has 0 radical (unpaired) electrons. The Hall–Kier alpha value is -1.55. The number of fused-ring (bicyclic) bond motifs is 3. The van der Waals surface area contributed by atoms with E-state index in [-0.39, 0.29) is 0 Å². The molecule has 3 unspecified atom stereocenters. The van der Waals surface area contributed by atoms with Crippen LogP contribution in [0.5, 0.6) is 11.5 Å². The molecule has 24 heavy (non-hydrogen) atoms. The minimum Gasteiger partial charge on any atom is -0.493 e. The summed E-state index contributed by atoms with van der Waals surface area (Å²) in [4.78, 5) is 13.5. The van der Waals surface area contributed by atoms with Gasteiger partial charge in [0, 0.05) is 54.6 Å². The zero-order valence-electron chi connectivity index (χ0n) is 33.8. The number of Topliss-reactive ketones (excluding diaryl/α,β-unsaturated/α-hetero) is 1. The lowest BCUT2D eigenvalue weighted by molar-refractivity contribution is -0.129. The molecule has 0 bridgehead atoms. The number of ketones is 1. The molecular formula is C20H29NO3. The van der Waals surface area contributed by atoms with Crippen molar-refractivity contribution in [1.29, 1.82) is 0 Å². The Kier molecular flexibility index (Phi) is 1.49. The van der Waals surface area contributed by atoms with Gasteiger partial charge in [0.05, 0.1) is 19.6 Å². The third kappa shape index (κ3) is 3.16. The number of aryl methyl sites for hydroxylation is 1. The topological polar surface area (TPSA) is 38.8 Å². The van der Waals surface area contributed by atoms with Crippen molar-refractivity contribution in [1.82, 2.24) is 4.90 Å². The van der Waals surface area contributed by atoms with Crippen molar-refractivity contribution in [3.63, 3.8) is 0 Å². The highest BCUT2D eigenvalue weighted by molar-refractivity contribution is 5.83. The molecule has 2 aliphatic rings. The van der Waals surface area contributed by atoms with Crippen molar-refractivity contribution in [3.8, 4) is 11.5 Å². The average molecular weight is 353 g/mol. The Bertz CT molecular complexity index is 1380. The molecule has 1 aromatic rings. The maximum absolute atomic E-state index is 14.1. The zero-order chi connectivity index (χ0) is 35.8. The molecule has 0 saturated carbocycles. The van der Waals surface area contributed by atoms with E-state index >= 15 is 0 Å². The first kappa shape index (κ1) is 5.00. The van der Waals surface area contributed by atoms with E-state index in [1.807, 2.05) is 0 Å². The normalized spacial score (nSPS) is 55.9. The fraction of sp³-hybridized carbons (Fsp3) is 0.650. The zero-order valence-corrected chi connectivity index (χ0v) is 12.8. The van der Waals surface area contributed by atoms with Crippen LogP contribution in [0.25, 0.3) is 0 Å². The second-order valence-corrected chi connectivity index (χ2v) is 4.76. The smallest absolute Gasteiger partial charge is 0.161 e. The van der Waals surface area contributed by atoms with E-state index in [4.69, 9.17) is 36.9 Å². The van der Waals surface area contributed by atoms with Crippen LogP contribution >= 0.6 is 0 Å². The summed E-state index contributed by atoms with van der Waals surface area (Å²) in [6.07, 6.45) is -15.8. The van der Waals surface area contributed by atoms with Gasteiger partial charge in [-0.3, -0.25) is 9.69 Å². The van der Waals surface area contributed by atoms with Crippen LogP contribution in [0.1, 0.15) is 78.8 Å². The lowest BCUT2D eigenvalue weighted by atomic mass is 9.79. The first-order chi connectivity index (χ1) is 19.5. The molecule has 0 aliphatic carbocycles. The second kappa shape index (κ2) is 7.14. The lowest BCUT2D eigenvalue weighted by Crippen LogP contribution is -2.46. The highest BCUT2D eigenvalue weighted by atomic mass is 16.5. The average Bonchev–Trinajstić information content (AvgIpc) is 2.82. The number of carbonyl (C=O) groups is 1. The Morgan fingerprint density at radius 1 is 1.54 bits per heavy atom. The fourth-order valence-electron chi connectivity index (χ4n) is 2.20. The van der Waals surface area contributed by atoms with E-state index in [9.17, 15) is 6.17 Å². The van der Waals surface area contributed by atoms with Gasteiger partial charge >= 0.3 is 0 Å². The Balaban J connectivity index is 2.58. The summed E-state index contributed by atoms with van der Waals surface area (Å²) in [5.41, 5.74) is -2.03. The van der Waals surface area contributed by atoms with Crippen molar-refractivity contribution in [2.45, 2.75) is 45.3 Å². The predicted molar refractivity (Wildman–Crippen MR) is 94.8 cm³/mol. The maximum Gasteiger partial charge on any atom is 0.161 e. The van der Waals surface area contributed by atoms with Crippen LogP contribution in [0.3, 0.4) is 0 Å². The van der Waals surface area contributed by atoms with E-state index < -0.39 is 103 Å². The molecule has 0 amide bonds. The molecule has 1 aromatic carbocycles. The van der Waals surface area contributed by atoms with Gasteiger partial charge in [0.25, 0.3) is 0 Å². The number of piperidine rings is 1. The number of benzene rings is 1. The molecule has 0 aromatic heterocycles. The summed E-state index contributed by atoms with van der Waals surface area (Å²) in [7, 11) is -2.24. The van der Waals surface area contributed by atoms with E-state index in [0.29, 0.717) is 19.1 Å². The monoisotopic (exact) mass is 352 g/mol. The van der Waals surface area contributed by atoms with Gasteiger partial charge in [-0.05, 0) is 41.9 Å². The fourth-order valence-corrected chi connectivity index (χ4v) is 2.20. The number of carbonyl (C=O) groups excluding carboxylic acids is 1. The quantitative estimate of drug-likeness (QED) is 0.811. The number of nitrogens with zero attached hydrogens (tertiary/aromatic N) is 1. The molecule has 2 aliphatic heterocycles. The molecule has 1 fully saturated rings. The Morgan fingerprint density at radius 3 is 3.08 bits per heavy atom. The van der Waals surface area contributed by atoms with Crippen LogP contribution in [0.15, 0.2) is 12.1 Å². The highest BCUT2D eigenvalue weighted by Crippen LogP contribution is 2.42. The molecular weight excluding hydrogens is 302 g/mol. The van der Waals surface area contributed by atoms with E-state index in [0.717, 1.165) is 7.11 Å². The van der Waals surface area contributed by atoms with E-state index in [2.05, 4.69) is 0 Å². The molecule has 0 spiro atoms. The lowest BCUT2D eigenvalue weighted by Gasteiger charge is -2.43. The number of methoxy groups -OCH3 is 2. The minimum atomic E-state index is -4.57. The maximum atomic E-state index is 14.1. The second-order valence-electron chi connectivity index (χ2n) is 4.76. The molecule has 3 rings (SSSR count). The van der Waals surface area contributed by atoms with Crippen LogP contribution in [0.4, 0.5) is 0 Å². The summed E-state index contributed by atoms with van der Waals surface area (Å²) in [6.45, 7) is -12.1. The Morgan fingerprint density at radius 2 is 2.38 bits per heavy atom. The number of ether oxygens (including phenoxy) is 2. The number of hydrogen-bond donors (Lipinski definition) is 0. The van der Waals surface area contributed by atoms with Crippen molar-refractivity contribution in [2.24, 2.45) is 11.8 Å². The van der Waals surface area contributed by atoms with Crippen LogP contribution in [0.2, 0.25) is 0 Å². The van der Waals surface area contributed by atoms with Crippen molar-refractivity contribution in [3.05, 3.63) is 23.3 Å². The molecule has 4 heteroatoms. The van der Waals surface area contributed by atoms with Gasteiger partial charge in [0.2, 0.25) is 0 Å². The Labute approximate surface area is 174 Å². The number of rotatable bonds is 5. The largest absolute Gasteiger partial charge is 0.493 e. The minimum absolute atomic E-state index is 0.403. The predicted octanol–water partition coefficient (Wildman–Crippen LogP) is 3.63. The summed E-state index contributed by atoms with van der Waals surface area (Å²) < 4.78 is 185. The first-order valence-electron chi connectivity index (χ1n) is 17.3. The molecule has 0 N–H and O–H groups in total. The van der Waals surface area contributed by atoms with E-state index in [1.54, 1.807) is 0 Å². The van der Waals surface area contributed by atoms with Crippen LogP contribution in [0, 0.1) is 11.8 Å². The molecule has 132 valence electrons. The molecule has 3 atom stereocenters. The third-order valence-electron chi connectivity index (χ3n) is 3.38. The van der Waals surface area contributed by atoms with Gasteiger partial charge in [0.1, 0.15) is 5.78 Å². The van der Waals surface area contributed by atoms with Gasteiger partial charge in [-0.2, -0.15) is 0 Å². The summed E-state index contributed by atoms with van der Waals surface area (Å²) in [6, 6.07) is -2.61. The summed E-state index contributed by atoms with van der Waals surface area (Å²) in [5.74, 6) is -12.7. The van der Waals surface area contributed by atoms with Crippen LogP contribution in [-0.4, -0.2) is 37.8 Å². The van der Waals surface area contributed by atoms with Gasteiger partial charge in [-0.25, -0.2) is 0 Å². The van der Waals surface area contributed by atoms with Crippen LogP contribution < -0.4 is 9.47 Å². The third-order valence-corrected chi connectivity index (χ3v) is 3.38. The van der Waals surface area contributed by atoms with Gasteiger partial charge in [-0.15, -0.1) is 0 Å². The summed E-state index contributed by atoms with van der Waals surface area (Å²) >= 11 is 0. The van der Waals surface area contributed by atoms with E-state index in [1.165, 1.54) is 0 Å². The van der Waals surface area contributed by atoms with Crippen molar-refractivity contribution < 1.29 is 43.1 Å². The first-order valence-corrected chi connectivity index (χ1v) is 6.80. The molecule has 1 saturated heterocycles. The SMILES string of the molecule is [2H]C([2H])([2H])Oc1cc2c(cc1OC)C1([2H])N(C([2H])([2H])C2([2H])[2H])C([2H])([2H])C([2H])(C([2H])([2H])C([2H])(C([2H])([2H])[2H])C([2H])([2H])C)C(=O)C1([2H])[2H]. The molecule has 2 heterocycles. The van der Waals surface area contributed by atoms with Crippen molar-refractivity contribution >= 4 is 5.78 Å². The standard InChI is InChI=1S/C20H29NO3/c1-5-13(2)8-15-12-21-7-6-14-9-19(23-3)20(24-4)10-16(14)17(21)11-18(15)22/h9-10,13,15,17H,5-8,11-12H2,1-4H3/i2D3,3D3,5D2,6D2,7D2,8D2,11D2,12D2,13D,15D,17D. The van der Waals surface area contributed by atoms with Crippen LogP contribution in [-0.2, 0) is 11.2 Å². The molecule has 4 nitrogen and oxygen atoms in total. The summed E-state index contributed by atoms with van der Waals surface area (Å²) in [5, 5.41) is 0. The van der Waals surface area contributed by atoms with Gasteiger partial charge in [0.15, 0.2) is 11.5 Å². The van der Waals surface area contributed by atoms with Gasteiger partial charge < -0.3 is 9.47 Å². The van der Waals surface area contributed by atoms with Crippen molar-refractivity contribution in [2.75, 3.05) is 27.1 Å². The number of hydrogen-bond acceptors (Lipinski definition) is 4. The van der Waals surface area contributed by atoms with Gasteiger partial charge in [-0.1, -0.05) is 20.1 Å².